The summed E-state index contributed by atoms with van der Waals surface area (Å²) in [6.45, 7) is 25.9. The Morgan fingerprint density at radius 2 is 1.05 bits per heavy atom. The molecule has 1 aliphatic heterocycles. The van der Waals surface area contributed by atoms with Gasteiger partial charge in [0.25, 0.3) is 16.6 Å². The monoisotopic (exact) mass is 884 g/mol. The second kappa shape index (κ2) is 17.2. The molecule has 0 saturated heterocycles. The highest BCUT2D eigenvalue weighted by atomic mass is 28.4. The van der Waals surface area contributed by atoms with Gasteiger partial charge in [-0.3, -0.25) is 0 Å². The smallest absolute Gasteiger partial charge is 0.342 e. The first kappa shape index (κ1) is 46.0. The van der Waals surface area contributed by atoms with Crippen LogP contribution < -0.4 is 20.7 Å². The molecule has 0 spiro atoms. The molecule has 9 heteroatoms. The van der Waals surface area contributed by atoms with E-state index in [-0.39, 0.29) is 21.0 Å². The third-order valence-corrected chi connectivity index (χ3v) is 29.0. The summed E-state index contributed by atoms with van der Waals surface area (Å²) >= 11 is 0. The first-order valence-corrected chi connectivity index (χ1v) is 29.3. The Hall–Kier alpha value is -3.97. The highest BCUT2D eigenvalue weighted by molar-refractivity contribution is 7.00. The van der Waals surface area contributed by atoms with Crippen molar-refractivity contribution in [3.8, 4) is 0 Å². The number of benzene rings is 4. The van der Waals surface area contributed by atoms with Gasteiger partial charge in [-0.25, -0.2) is 9.59 Å². The van der Waals surface area contributed by atoms with E-state index in [0.29, 0.717) is 43.6 Å². The average molecular weight is 885 g/mol. The first-order valence-electron chi connectivity index (χ1n) is 22.6. The van der Waals surface area contributed by atoms with Crippen molar-refractivity contribution in [1.82, 2.24) is 0 Å². The van der Waals surface area contributed by atoms with Crippen molar-refractivity contribution in [3.63, 3.8) is 0 Å². The molecule has 0 unspecified atom stereocenters. The number of allylic oxidation sites excluding steroid dienone is 1. The number of carbonyl (C=O) groups is 2. The number of fused-ring (bicyclic) bond motifs is 3. The summed E-state index contributed by atoms with van der Waals surface area (Å²) in [5, 5.41) is 4.17. The van der Waals surface area contributed by atoms with Crippen molar-refractivity contribution in [2.75, 3.05) is 13.2 Å². The van der Waals surface area contributed by atoms with E-state index in [2.05, 4.69) is 203 Å². The Bertz CT molecular complexity index is 2210. The van der Waals surface area contributed by atoms with Crippen LogP contribution in [0.4, 0.5) is 0 Å². The van der Waals surface area contributed by atoms with Crippen molar-refractivity contribution in [2.24, 2.45) is 11.3 Å². The first-order chi connectivity index (χ1) is 29.2. The molecule has 3 aliphatic rings. The highest BCUT2D eigenvalue weighted by Crippen LogP contribution is 2.55. The van der Waals surface area contributed by atoms with Crippen LogP contribution in [0.25, 0.3) is 0 Å². The Labute approximate surface area is 374 Å². The zero-order chi connectivity index (χ0) is 44.8. The lowest BCUT2D eigenvalue weighted by Crippen LogP contribution is -2.67. The lowest BCUT2D eigenvalue weighted by Gasteiger charge is -2.50. The molecule has 4 aromatic rings. The molecule has 0 amide bonds. The summed E-state index contributed by atoms with van der Waals surface area (Å²) in [6.07, 6.45) is 4.26. The van der Waals surface area contributed by atoms with E-state index < -0.39 is 48.4 Å². The van der Waals surface area contributed by atoms with Crippen LogP contribution >= 0.6 is 0 Å². The van der Waals surface area contributed by atoms with Crippen LogP contribution in [0.2, 0.25) is 28.2 Å². The zero-order valence-corrected chi connectivity index (χ0v) is 42.0. The molecule has 1 heterocycles. The second-order valence-electron chi connectivity index (χ2n) is 21.4. The van der Waals surface area contributed by atoms with Crippen molar-refractivity contribution < 1.29 is 27.6 Å². The third-order valence-electron chi connectivity index (χ3n) is 14.5. The van der Waals surface area contributed by atoms with E-state index >= 15 is 0 Å². The van der Waals surface area contributed by atoms with Crippen LogP contribution in [0.15, 0.2) is 144 Å². The van der Waals surface area contributed by atoms with Crippen LogP contribution in [-0.4, -0.2) is 56.2 Å². The van der Waals surface area contributed by atoms with Crippen LogP contribution in [0, 0.1) is 11.3 Å². The minimum absolute atomic E-state index is 0.0994. The van der Waals surface area contributed by atoms with E-state index in [1.165, 1.54) is 20.7 Å². The second-order valence-corrected chi connectivity index (χ2v) is 34.7. The number of rotatable bonds is 13. The van der Waals surface area contributed by atoms with Crippen molar-refractivity contribution in [1.29, 1.82) is 0 Å². The normalized spacial score (nSPS) is 21.3. The van der Waals surface area contributed by atoms with Crippen molar-refractivity contribution in [2.45, 2.75) is 122 Å². The summed E-state index contributed by atoms with van der Waals surface area (Å²) in [5.41, 5.74) is 1.33. The van der Waals surface area contributed by atoms with Gasteiger partial charge in [-0.05, 0) is 80.2 Å². The predicted octanol–water partition coefficient (Wildman–Crippen LogP) is 10.0. The molecule has 2 aliphatic carbocycles. The Morgan fingerprint density at radius 1 is 0.613 bits per heavy atom. The third kappa shape index (κ3) is 8.18. The van der Waals surface area contributed by atoms with Crippen molar-refractivity contribution >= 4 is 57.6 Å². The van der Waals surface area contributed by atoms with Crippen molar-refractivity contribution in [3.05, 3.63) is 144 Å². The highest BCUT2D eigenvalue weighted by Gasteiger charge is 2.58. The van der Waals surface area contributed by atoms with Crippen LogP contribution in [0.5, 0.6) is 0 Å². The quantitative estimate of drug-likeness (QED) is 0.0577. The van der Waals surface area contributed by atoms with Gasteiger partial charge in [0.1, 0.15) is 0 Å². The Balaban J connectivity index is 1.45. The maximum absolute atomic E-state index is 14.1. The maximum atomic E-state index is 14.1. The van der Waals surface area contributed by atoms with E-state index in [1.807, 2.05) is 0 Å². The number of cyclic esters (lactones) is 2. The number of hydrogen-bond acceptors (Lipinski definition) is 6. The Morgan fingerprint density at radius 3 is 1.47 bits per heavy atom. The molecule has 0 radical (unpaired) electrons. The number of esters is 2. The molecule has 3 atom stereocenters. The summed E-state index contributed by atoms with van der Waals surface area (Å²) in [5.74, 6) is -1.36. The molecular formula is C53H68O6Si3. The molecule has 0 N–H and O–H groups in total. The zero-order valence-electron chi connectivity index (χ0n) is 39.0. The van der Waals surface area contributed by atoms with Gasteiger partial charge in [0.2, 0.25) is 0 Å². The standard InChI is InChI=1S/C53H68O6Si3/c1-50(2,3)60(10,11)59-47-43-33-24-34-45(47)53(37-44-46(43)49(55)58-48(44)54,38-57-62(52(7,8)9,41-29-20-14-21-30-41)42-31-22-15-23-32-42)35-36-56-61(51(4,5)6,39-25-16-12-17-26-39)40-27-18-13-19-28-40/h12-23,25-32,34,43,47H,24,33,35-38H2,1-11H3/t43-,47+,53+/m1/s1. The van der Waals surface area contributed by atoms with Crippen LogP contribution in [0.1, 0.15) is 88.0 Å². The largest absolute Gasteiger partial charge is 0.410 e. The molecule has 0 saturated carbocycles. The molecule has 62 heavy (non-hydrogen) atoms. The lowest BCUT2D eigenvalue weighted by molar-refractivity contribution is -0.151. The molecule has 0 fully saturated rings. The minimum Gasteiger partial charge on any atom is -0.410 e. The maximum Gasteiger partial charge on any atom is 0.342 e. The summed E-state index contributed by atoms with van der Waals surface area (Å²) in [4.78, 5) is 28.1. The van der Waals surface area contributed by atoms with E-state index in [9.17, 15) is 9.59 Å². The molecule has 7 rings (SSSR count). The van der Waals surface area contributed by atoms with Gasteiger partial charge in [-0.15, -0.1) is 0 Å². The van der Waals surface area contributed by atoms with E-state index in [4.69, 9.17) is 18.0 Å². The fraction of sp³-hybridized carbons (Fsp3) is 0.434. The molecule has 0 aromatic heterocycles. The van der Waals surface area contributed by atoms with Gasteiger partial charge in [0, 0.05) is 30.1 Å². The lowest BCUT2D eigenvalue weighted by atomic mass is 9.69. The number of carbonyl (C=O) groups excluding carboxylic acids is 2. The topological polar surface area (TPSA) is 71.1 Å². The van der Waals surface area contributed by atoms with Gasteiger partial charge in [0.15, 0.2) is 8.32 Å². The molecule has 2 bridgehead atoms. The van der Waals surface area contributed by atoms with Gasteiger partial charge in [-0.2, -0.15) is 0 Å². The Kier molecular flexibility index (Phi) is 12.8. The summed E-state index contributed by atoms with van der Waals surface area (Å²) in [7, 11) is -8.53. The van der Waals surface area contributed by atoms with E-state index in [0.717, 1.165) is 12.0 Å². The minimum atomic E-state index is -3.10. The van der Waals surface area contributed by atoms with Gasteiger partial charge < -0.3 is 18.0 Å². The number of hydrogen-bond donors (Lipinski definition) is 0. The molecule has 328 valence electrons. The molecular weight excluding hydrogens is 817 g/mol. The van der Waals surface area contributed by atoms with Crippen LogP contribution in [0.3, 0.4) is 0 Å². The van der Waals surface area contributed by atoms with E-state index in [1.54, 1.807) is 0 Å². The number of ether oxygens (including phenoxy) is 1. The SMILES string of the molecule is CC(C)(C)[Si](C)(C)O[C@@H]1C2=CCC[C@@H]1C1=C(C[C@@]2(CCO[Si](c2ccccc2)(c2ccccc2)C(C)(C)C)CO[Si](c2ccccc2)(c2ccccc2)C(C)(C)C)C(=O)OC1=O. The molecule has 4 aromatic carbocycles. The molecule has 6 nitrogen and oxygen atoms in total. The fourth-order valence-corrected chi connectivity index (χ4v) is 20.9. The summed E-state index contributed by atoms with van der Waals surface area (Å²) < 4.78 is 28.9. The van der Waals surface area contributed by atoms with Gasteiger partial charge >= 0.3 is 11.9 Å². The van der Waals surface area contributed by atoms with Gasteiger partial charge in [-0.1, -0.05) is 190 Å². The average Bonchev–Trinajstić information content (AvgIpc) is 3.48. The summed E-state index contributed by atoms with van der Waals surface area (Å²) in [6, 6.07) is 43.0. The van der Waals surface area contributed by atoms with Crippen LogP contribution in [-0.2, 0) is 27.6 Å². The van der Waals surface area contributed by atoms with Gasteiger partial charge in [0.05, 0.1) is 11.7 Å². The predicted molar refractivity (Wildman–Crippen MR) is 260 cm³/mol. The fourth-order valence-electron chi connectivity index (χ4n) is 10.4.